The third-order valence-corrected chi connectivity index (χ3v) is 8.06. The van der Waals surface area contributed by atoms with Gasteiger partial charge < -0.3 is 10.1 Å². The number of aromatic nitrogens is 4. The van der Waals surface area contributed by atoms with Gasteiger partial charge in [-0.05, 0) is 50.2 Å². The summed E-state index contributed by atoms with van der Waals surface area (Å²) in [5, 5.41) is 13.4. The van der Waals surface area contributed by atoms with Gasteiger partial charge in [-0.2, -0.15) is 10.2 Å². The molecule has 0 radical (unpaired) electrons. The van der Waals surface area contributed by atoms with E-state index in [1.54, 1.807) is 17.8 Å². The minimum Gasteiger partial charge on any atom is -0.493 e. The predicted molar refractivity (Wildman–Crippen MR) is 120 cm³/mol. The molecule has 3 heterocycles. The largest absolute Gasteiger partial charge is 0.493 e. The van der Waals surface area contributed by atoms with Crippen LogP contribution >= 0.6 is 11.6 Å². The van der Waals surface area contributed by atoms with E-state index in [4.69, 9.17) is 21.3 Å². The van der Waals surface area contributed by atoms with Crippen LogP contribution in [0.1, 0.15) is 44.1 Å². The molecule has 7 rings (SSSR count). The Bertz CT molecular complexity index is 1340. The van der Waals surface area contributed by atoms with E-state index >= 15 is 0 Å². The number of nitrogens with one attached hydrogen (secondary N) is 1. The molecule has 0 atom stereocenters. The van der Waals surface area contributed by atoms with E-state index in [1.807, 2.05) is 16.7 Å². The molecular formula is C23H23ClN6O2. The van der Waals surface area contributed by atoms with Gasteiger partial charge in [0.05, 0.1) is 40.5 Å². The summed E-state index contributed by atoms with van der Waals surface area (Å²) in [5.74, 6) is 1.21. The summed E-state index contributed by atoms with van der Waals surface area (Å²) in [4.78, 5) is 22.5. The second-order valence-electron chi connectivity index (χ2n) is 9.36. The maximum Gasteiger partial charge on any atom is 0.330 e. The molecule has 2 bridgehead atoms. The maximum atomic E-state index is 13.3. The number of aryl methyl sites for hydroxylation is 1. The van der Waals surface area contributed by atoms with E-state index in [1.165, 1.54) is 0 Å². The molecule has 2 aromatic heterocycles. The zero-order valence-corrected chi connectivity index (χ0v) is 18.6. The van der Waals surface area contributed by atoms with Crippen molar-refractivity contribution < 1.29 is 4.74 Å². The molecule has 0 unspecified atom stereocenters. The average molecular weight is 451 g/mol. The number of ether oxygens (including phenoxy) is 1. The Morgan fingerprint density at radius 2 is 1.97 bits per heavy atom. The van der Waals surface area contributed by atoms with Gasteiger partial charge in [-0.3, -0.25) is 9.13 Å². The quantitative estimate of drug-likeness (QED) is 0.646. The van der Waals surface area contributed by atoms with Crippen LogP contribution in [0, 0.1) is 16.7 Å². The molecule has 1 aliphatic heterocycles. The number of hydrogen-bond donors (Lipinski definition) is 1. The number of nitrogens with zero attached hydrogens (tertiary/aromatic N) is 5. The van der Waals surface area contributed by atoms with Crippen molar-refractivity contribution in [3.05, 3.63) is 39.4 Å². The van der Waals surface area contributed by atoms with E-state index in [0.29, 0.717) is 34.4 Å². The van der Waals surface area contributed by atoms with Crippen LogP contribution in [0.2, 0.25) is 5.02 Å². The van der Waals surface area contributed by atoms with Gasteiger partial charge in [0.2, 0.25) is 5.95 Å². The van der Waals surface area contributed by atoms with Gasteiger partial charge in [0.25, 0.3) is 0 Å². The fraction of sp³-hybridized carbons (Fsp3) is 0.478. The normalized spacial score (nSPS) is 26.0. The van der Waals surface area contributed by atoms with Crippen molar-refractivity contribution in [3.63, 3.8) is 0 Å². The van der Waals surface area contributed by atoms with Gasteiger partial charge in [-0.1, -0.05) is 11.6 Å². The smallest absolute Gasteiger partial charge is 0.330 e. The van der Waals surface area contributed by atoms with Crippen molar-refractivity contribution in [2.24, 2.45) is 12.5 Å². The molecule has 4 aliphatic rings. The first-order valence-corrected chi connectivity index (χ1v) is 11.4. The first-order valence-electron chi connectivity index (χ1n) is 11.0. The molecule has 1 N–H and O–H groups in total. The summed E-state index contributed by atoms with van der Waals surface area (Å²) in [6.45, 7) is 0.656. The number of fused-ring (bicyclic) bond motifs is 5. The summed E-state index contributed by atoms with van der Waals surface area (Å²) in [5.41, 5.74) is 2.56. The second-order valence-corrected chi connectivity index (χ2v) is 9.77. The summed E-state index contributed by atoms with van der Waals surface area (Å²) < 4.78 is 9.07. The van der Waals surface area contributed by atoms with Gasteiger partial charge in [0.15, 0.2) is 5.65 Å². The summed E-state index contributed by atoms with van der Waals surface area (Å²) >= 11 is 6.45. The molecule has 0 saturated heterocycles. The van der Waals surface area contributed by atoms with Gasteiger partial charge in [0, 0.05) is 19.5 Å². The monoisotopic (exact) mass is 450 g/mol. The van der Waals surface area contributed by atoms with E-state index in [2.05, 4.69) is 16.4 Å². The lowest BCUT2D eigenvalue weighted by Crippen LogP contribution is -2.50. The predicted octanol–water partition coefficient (Wildman–Crippen LogP) is 4.03. The lowest BCUT2D eigenvalue weighted by molar-refractivity contribution is 0.0350. The molecule has 0 amide bonds. The zero-order chi connectivity index (χ0) is 22.1. The Kier molecular flexibility index (Phi) is 4.12. The number of imidazole rings is 1. The highest BCUT2D eigenvalue weighted by atomic mass is 35.5. The average Bonchev–Trinajstić information content (AvgIpc) is 3.37. The molecule has 8 nitrogen and oxygen atoms in total. The van der Waals surface area contributed by atoms with Crippen LogP contribution in [0.4, 0.5) is 11.6 Å². The highest BCUT2D eigenvalue weighted by molar-refractivity contribution is 6.33. The van der Waals surface area contributed by atoms with Crippen molar-refractivity contribution in [2.75, 3.05) is 11.9 Å². The molecular weight excluding hydrogens is 428 g/mol. The van der Waals surface area contributed by atoms with Gasteiger partial charge in [-0.25, -0.2) is 9.78 Å². The first-order chi connectivity index (χ1) is 15.4. The molecule has 9 heteroatoms. The van der Waals surface area contributed by atoms with Crippen LogP contribution in [0.15, 0.2) is 23.1 Å². The van der Waals surface area contributed by atoms with Crippen molar-refractivity contribution in [1.29, 1.82) is 5.26 Å². The molecule has 3 aliphatic carbocycles. The Balaban J connectivity index is 1.42. The molecule has 3 fully saturated rings. The maximum absolute atomic E-state index is 13.3. The Morgan fingerprint density at radius 1 is 1.22 bits per heavy atom. The Labute approximate surface area is 189 Å². The molecule has 0 spiro atoms. The van der Waals surface area contributed by atoms with E-state index in [9.17, 15) is 10.1 Å². The van der Waals surface area contributed by atoms with E-state index < -0.39 is 0 Å². The molecule has 164 valence electrons. The third kappa shape index (κ3) is 2.70. The van der Waals surface area contributed by atoms with Crippen LogP contribution in [0.3, 0.4) is 0 Å². The first kappa shape index (κ1) is 19.6. The SMILES string of the molecule is Cn1c(=O)n(C23CCC(C#N)(CC2)CC3)c2nc(Nc3cc4c(cc3Cl)OCC4)ncc21. The van der Waals surface area contributed by atoms with Crippen molar-refractivity contribution >= 4 is 34.4 Å². The summed E-state index contributed by atoms with van der Waals surface area (Å²) in [6.07, 6.45) is 7.48. The van der Waals surface area contributed by atoms with Gasteiger partial charge >= 0.3 is 5.69 Å². The van der Waals surface area contributed by atoms with Gasteiger partial charge in [0.1, 0.15) is 11.3 Å². The molecule has 1 aromatic carbocycles. The van der Waals surface area contributed by atoms with Crippen LogP contribution < -0.4 is 15.7 Å². The third-order valence-electron chi connectivity index (χ3n) is 7.75. The Morgan fingerprint density at radius 3 is 2.69 bits per heavy atom. The number of hydrogen-bond acceptors (Lipinski definition) is 6. The van der Waals surface area contributed by atoms with Crippen LogP contribution in [-0.2, 0) is 19.0 Å². The van der Waals surface area contributed by atoms with Gasteiger partial charge in [-0.15, -0.1) is 0 Å². The Hall–Kier alpha value is -3.05. The summed E-state index contributed by atoms with van der Waals surface area (Å²) in [7, 11) is 1.76. The van der Waals surface area contributed by atoms with Crippen molar-refractivity contribution in [3.8, 4) is 11.8 Å². The summed E-state index contributed by atoms with van der Waals surface area (Å²) in [6, 6.07) is 6.32. The van der Waals surface area contributed by atoms with E-state index in [-0.39, 0.29) is 16.6 Å². The van der Waals surface area contributed by atoms with Crippen molar-refractivity contribution in [1.82, 2.24) is 19.1 Å². The number of benzene rings is 1. The van der Waals surface area contributed by atoms with Crippen LogP contribution in [-0.4, -0.2) is 25.7 Å². The minimum absolute atomic E-state index is 0.0782. The van der Waals surface area contributed by atoms with Crippen LogP contribution in [0.5, 0.6) is 5.75 Å². The number of halogens is 1. The highest BCUT2D eigenvalue weighted by Crippen LogP contribution is 2.55. The van der Waals surface area contributed by atoms with E-state index in [0.717, 1.165) is 56.3 Å². The lowest BCUT2D eigenvalue weighted by atomic mass is 9.58. The van der Waals surface area contributed by atoms with Crippen molar-refractivity contribution in [2.45, 2.75) is 50.5 Å². The molecule has 3 saturated carbocycles. The molecule has 3 aromatic rings. The highest BCUT2D eigenvalue weighted by Gasteiger charge is 2.51. The second kappa shape index (κ2) is 6.72. The fourth-order valence-corrected chi connectivity index (χ4v) is 5.89. The number of nitriles is 1. The lowest BCUT2D eigenvalue weighted by Gasteiger charge is -2.50. The standard InChI is InChI=1S/C23H23ClN6O2/c1-29-17-12-26-20(27-16-10-14-2-9-32-18(14)11-15(16)24)28-19(17)30(21(29)31)23-6-3-22(13-25,4-7-23)5-8-23/h10-12H,2-9H2,1H3,(H,26,27,28). The minimum atomic E-state index is -0.288. The fourth-order valence-electron chi connectivity index (χ4n) is 5.68. The number of anilines is 2. The zero-order valence-electron chi connectivity index (χ0n) is 17.8. The topological polar surface area (TPSA) is 97.8 Å². The number of rotatable bonds is 3. The van der Waals surface area contributed by atoms with Crippen LogP contribution in [0.25, 0.3) is 11.2 Å². The molecule has 32 heavy (non-hydrogen) atoms.